The van der Waals surface area contributed by atoms with Crippen LogP contribution in [0.4, 0.5) is 5.69 Å². The number of nitrogens with zero attached hydrogens (tertiary/aromatic N) is 1. The Hall–Kier alpha value is -1.35. The maximum Gasteiger partial charge on any atom is 0.230 e. The highest BCUT2D eigenvalue weighted by Crippen LogP contribution is 2.28. The number of hydrogen-bond donors (Lipinski definition) is 1. The van der Waals surface area contributed by atoms with Crippen molar-refractivity contribution in [3.8, 4) is 0 Å². The molecule has 0 unspecified atom stereocenters. The van der Waals surface area contributed by atoms with Crippen molar-refractivity contribution in [1.82, 2.24) is 0 Å². The van der Waals surface area contributed by atoms with Gasteiger partial charge in [0.25, 0.3) is 0 Å². The minimum Gasteiger partial charge on any atom is -0.326 e. The van der Waals surface area contributed by atoms with E-state index in [2.05, 4.69) is 13.0 Å². The second-order valence-electron chi connectivity index (χ2n) is 5.73. The summed E-state index contributed by atoms with van der Waals surface area (Å²) in [5.74, 6) is 0.519. The second kappa shape index (κ2) is 6.89. The molecule has 0 radical (unpaired) electrons. The normalized spacial score (nSPS) is 16.1. The molecule has 1 saturated carbocycles. The van der Waals surface area contributed by atoms with E-state index in [0.717, 1.165) is 30.6 Å². The lowest BCUT2D eigenvalue weighted by Gasteiger charge is -2.29. The van der Waals surface area contributed by atoms with Gasteiger partial charge in [0.05, 0.1) is 0 Å². The number of carbonyl (C=O) groups is 1. The smallest absolute Gasteiger partial charge is 0.230 e. The van der Waals surface area contributed by atoms with Crippen LogP contribution in [0.2, 0.25) is 0 Å². The van der Waals surface area contributed by atoms with Crippen LogP contribution in [0.5, 0.6) is 0 Å². The first-order valence-corrected chi connectivity index (χ1v) is 7.78. The van der Waals surface area contributed by atoms with E-state index in [1.54, 1.807) is 0 Å². The Labute approximate surface area is 122 Å². The number of benzene rings is 1. The Morgan fingerprint density at radius 1 is 1.30 bits per heavy atom. The van der Waals surface area contributed by atoms with Crippen LogP contribution >= 0.6 is 0 Å². The first-order valence-electron chi connectivity index (χ1n) is 7.78. The lowest BCUT2D eigenvalue weighted by Crippen LogP contribution is -2.37. The molecule has 3 nitrogen and oxygen atoms in total. The summed E-state index contributed by atoms with van der Waals surface area (Å²) in [5.41, 5.74) is 9.03. The van der Waals surface area contributed by atoms with Gasteiger partial charge in [0, 0.05) is 24.7 Å². The highest BCUT2D eigenvalue weighted by atomic mass is 16.2. The van der Waals surface area contributed by atoms with Gasteiger partial charge in [-0.15, -0.1) is 0 Å². The molecular formula is C17H26N2O. The summed E-state index contributed by atoms with van der Waals surface area (Å²) in [7, 11) is 0. The van der Waals surface area contributed by atoms with Crippen LogP contribution in [0.3, 0.4) is 0 Å². The zero-order valence-electron chi connectivity index (χ0n) is 12.7. The number of amides is 1. The van der Waals surface area contributed by atoms with E-state index in [-0.39, 0.29) is 5.92 Å². The molecule has 1 fully saturated rings. The fourth-order valence-corrected chi connectivity index (χ4v) is 3.11. The van der Waals surface area contributed by atoms with Gasteiger partial charge in [-0.25, -0.2) is 0 Å². The summed E-state index contributed by atoms with van der Waals surface area (Å²) in [5, 5.41) is 0. The standard InChI is InChI=1S/C17H26N2O/c1-3-19(17(20)14-7-5-4-6-8-14)16-10-9-15(12-18)13(2)11-16/h9-11,14H,3-8,12,18H2,1-2H3. The van der Waals surface area contributed by atoms with Crippen LogP contribution in [-0.4, -0.2) is 12.5 Å². The average Bonchev–Trinajstić information content (AvgIpc) is 2.49. The highest BCUT2D eigenvalue weighted by molar-refractivity contribution is 5.95. The second-order valence-corrected chi connectivity index (χ2v) is 5.73. The van der Waals surface area contributed by atoms with Crippen molar-refractivity contribution in [2.24, 2.45) is 11.7 Å². The van der Waals surface area contributed by atoms with Crippen molar-refractivity contribution in [3.63, 3.8) is 0 Å². The van der Waals surface area contributed by atoms with Gasteiger partial charge in [0.1, 0.15) is 0 Å². The van der Waals surface area contributed by atoms with Gasteiger partial charge in [-0.2, -0.15) is 0 Å². The average molecular weight is 274 g/mol. The lowest BCUT2D eigenvalue weighted by molar-refractivity contribution is -0.123. The summed E-state index contributed by atoms with van der Waals surface area (Å²) < 4.78 is 0. The van der Waals surface area contributed by atoms with Crippen molar-refractivity contribution < 1.29 is 4.79 Å². The molecule has 1 aromatic rings. The molecule has 0 saturated heterocycles. The third-order valence-corrected chi connectivity index (χ3v) is 4.39. The summed E-state index contributed by atoms with van der Waals surface area (Å²) in [4.78, 5) is 14.6. The van der Waals surface area contributed by atoms with Crippen molar-refractivity contribution in [3.05, 3.63) is 29.3 Å². The van der Waals surface area contributed by atoms with E-state index in [1.807, 2.05) is 24.0 Å². The molecule has 0 atom stereocenters. The number of nitrogens with two attached hydrogens (primary N) is 1. The van der Waals surface area contributed by atoms with Crippen LogP contribution in [0.15, 0.2) is 18.2 Å². The lowest BCUT2D eigenvalue weighted by atomic mass is 9.88. The molecular weight excluding hydrogens is 248 g/mol. The third kappa shape index (κ3) is 3.21. The molecule has 0 spiro atoms. The quantitative estimate of drug-likeness (QED) is 0.914. The molecule has 1 amide bonds. The summed E-state index contributed by atoms with van der Waals surface area (Å²) in [6.45, 7) is 5.39. The summed E-state index contributed by atoms with van der Waals surface area (Å²) >= 11 is 0. The molecule has 1 aliphatic rings. The molecule has 3 heteroatoms. The molecule has 1 aliphatic carbocycles. The molecule has 2 N–H and O–H groups in total. The van der Waals surface area contributed by atoms with Crippen LogP contribution in [0, 0.1) is 12.8 Å². The number of aryl methyl sites for hydroxylation is 1. The fraction of sp³-hybridized carbons (Fsp3) is 0.588. The van der Waals surface area contributed by atoms with Crippen molar-refractivity contribution >= 4 is 11.6 Å². The van der Waals surface area contributed by atoms with Gasteiger partial charge in [-0.05, 0) is 49.9 Å². The van der Waals surface area contributed by atoms with E-state index in [0.29, 0.717) is 12.5 Å². The van der Waals surface area contributed by atoms with E-state index >= 15 is 0 Å². The van der Waals surface area contributed by atoms with Crippen LogP contribution < -0.4 is 10.6 Å². The Balaban J connectivity index is 2.18. The zero-order chi connectivity index (χ0) is 14.5. The zero-order valence-corrected chi connectivity index (χ0v) is 12.7. The molecule has 0 heterocycles. The Bertz CT molecular complexity index is 464. The van der Waals surface area contributed by atoms with Gasteiger partial charge in [0.2, 0.25) is 5.91 Å². The Kier molecular flexibility index (Phi) is 5.18. The van der Waals surface area contributed by atoms with Crippen molar-refractivity contribution in [1.29, 1.82) is 0 Å². The van der Waals surface area contributed by atoms with Gasteiger partial charge in [-0.3, -0.25) is 4.79 Å². The highest BCUT2D eigenvalue weighted by Gasteiger charge is 2.26. The van der Waals surface area contributed by atoms with Crippen LogP contribution in [0.25, 0.3) is 0 Å². The maximum absolute atomic E-state index is 12.7. The Morgan fingerprint density at radius 3 is 2.55 bits per heavy atom. The fourth-order valence-electron chi connectivity index (χ4n) is 3.11. The van der Waals surface area contributed by atoms with Gasteiger partial charge in [-0.1, -0.05) is 25.3 Å². The molecule has 2 rings (SSSR count). The molecule has 0 aliphatic heterocycles. The molecule has 1 aromatic carbocycles. The molecule has 0 bridgehead atoms. The first-order chi connectivity index (χ1) is 9.67. The number of carbonyl (C=O) groups excluding carboxylic acids is 1. The van der Waals surface area contributed by atoms with Gasteiger partial charge < -0.3 is 10.6 Å². The van der Waals surface area contributed by atoms with Gasteiger partial charge >= 0.3 is 0 Å². The largest absolute Gasteiger partial charge is 0.326 e. The predicted molar refractivity (Wildman–Crippen MR) is 83.7 cm³/mol. The first kappa shape index (κ1) is 15.0. The van der Waals surface area contributed by atoms with E-state index in [1.165, 1.54) is 24.8 Å². The minimum atomic E-state index is 0.221. The third-order valence-electron chi connectivity index (χ3n) is 4.39. The summed E-state index contributed by atoms with van der Waals surface area (Å²) in [6, 6.07) is 6.16. The van der Waals surface area contributed by atoms with E-state index in [4.69, 9.17) is 5.73 Å². The predicted octanol–water partition coefficient (Wildman–Crippen LogP) is 3.39. The molecule has 20 heavy (non-hydrogen) atoms. The SMILES string of the molecule is CCN(C(=O)C1CCCCC1)c1ccc(CN)c(C)c1. The van der Waals surface area contributed by atoms with Crippen LogP contribution in [-0.2, 0) is 11.3 Å². The monoisotopic (exact) mass is 274 g/mol. The molecule has 0 aromatic heterocycles. The van der Waals surface area contributed by atoms with E-state index < -0.39 is 0 Å². The number of anilines is 1. The van der Waals surface area contributed by atoms with Gasteiger partial charge in [0.15, 0.2) is 0 Å². The minimum absolute atomic E-state index is 0.221. The maximum atomic E-state index is 12.7. The van der Waals surface area contributed by atoms with Crippen molar-refractivity contribution in [2.75, 3.05) is 11.4 Å². The number of hydrogen-bond acceptors (Lipinski definition) is 2. The topological polar surface area (TPSA) is 46.3 Å². The van der Waals surface area contributed by atoms with Crippen molar-refractivity contribution in [2.45, 2.75) is 52.5 Å². The molecule has 110 valence electrons. The Morgan fingerprint density at radius 2 is 2.00 bits per heavy atom. The van der Waals surface area contributed by atoms with E-state index in [9.17, 15) is 4.79 Å². The number of rotatable bonds is 4. The summed E-state index contributed by atoms with van der Waals surface area (Å²) in [6.07, 6.45) is 5.77. The van der Waals surface area contributed by atoms with Crippen LogP contribution in [0.1, 0.15) is 50.2 Å².